The minimum absolute atomic E-state index is 0.0192. The van der Waals surface area contributed by atoms with Gasteiger partial charge in [0, 0.05) is 21.9 Å². The number of ether oxygens (including phenoxy) is 1. The molecule has 0 saturated carbocycles. The highest BCUT2D eigenvalue weighted by molar-refractivity contribution is 7.99. The van der Waals surface area contributed by atoms with Gasteiger partial charge in [0.15, 0.2) is 0 Å². The Morgan fingerprint density at radius 1 is 0.964 bits per heavy atom. The number of methoxy groups -OCH3 is 1. The van der Waals surface area contributed by atoms with Crippen LogP contribution in [0.5, 0.6) is 5.75 Å². The van der Waals surface area contributed by atoms with E-state index in [4.69, 9.17) is 4.74 Å². The summed E-state index contributed by atoms with van der Waals surface area (Å²) in [6.45, 7) is 4.23. The van der Waals surface area contributed by atoms with Gasteiger partial charge in [0.05, 0.1) is 7.11 Å². The van der Waals surface area contributed by atoms with E-state index in [9.17, 15) is 4.79 Å². The number of benzene rings is 3. The quantitative estimate of drug-likeness (QED) is 0.534. The van der Waals surface area contributed by atoms with Gasteiger partial charge in [0.25, 0.3) is 0 Å². The number of amides is 1. The molecule has 28 heavy (non-hydrogen) atoms. The van der Waals surface area contributed by atoms with Crippen LogP contribution in [0.4, 0.5) is 5.69 Å². The average molecular weight is 392 g/mol. The van der Waals surface area contributed by atoms with E-state index < -0.39 is 0 Å². The molecule has 3 nitrogen and oxygen atoms in total. The number of rotatable bonds is 7. The van der Waals surface area contributed by atoms with Crippen LogP contribution in [0.25, 0.3) is 0 Å². The first kappa shape index (κ1) is 20.0. The van der Waals surface area contributed by atoms with E-state index in [-0.39, 0.29) is 5.91 Å². The third-order valence-electron chi connectivity index (χ3n) is 4.51. The van der Waals surface area contributed by atoms with Crippen molar-refractivity contribution < 1.29 is 9.53 Å². The van der Waals surface area contributed by atoms with Crippen molar-refractivity contribution in [2.24, 2.45) is 0 Å². The number of nitrogens with one attached hydrogen (secondary N) is 1. The fourth-order valence-electron chi connectivity index (χ4n) is 2.82. The Balaban J connectivity index is 1.53. The van der Waals surface area contributed by atoms with Gasteiger partial charge in [-0.3, -0.25) is 4.79 Å². The Labute approximate surface area is 171 Å². The van der Waals surface area contributed by atoms with Crippen LogP contribution < -0.4 is 10.1 Å². The Morgan fingerprint density at radius 2 is 1.68 bits per heavy atom. The van der Waals surface area contributed by atoms with E-state index in [1.165, 1.54) is 16.0 Å². The van der Waals surface area contributed by atoms with Gasteiger partial charge in [-0.25, -0.2) is 0 Å². The molecule has 0 aliphatic heterocycles. The molecular weight excluding hydrogens is 366 g/mol. The van der Waals surface area contributed by atoms with Gasteiger partial charge in [0.1, 0.15) is 5.75 Å². The van der Waals surface area contributed by atoms with Gasteiger partial charge in [-0.15, -0.1) is 0 Å². The summed E-state index contributed by atoms with van der Waals surface area (Å²) in [5.41, 5.74) is 4.47. The monoisotopic (exact) mass is 391 g/mol. The van der Waals surface area contributed by atoms with Gasteiger partial charge in [-0.1, -0.05) is 36.0 Å². The smallest absolute Gasteiger partial charge is 0.224 e. The highest BCUT2D eigenvalue weighted by atomic mass is 32.2. The second-order valence-corrected chi connectivity index (χ2v) is 7.91. The van der Waals surface area contributed by atoms with E-state index in [0.29, 0.717) is 12.8 Å². The summed E-state index contributed by atoms with van der Waals surface area (Å²) in [6, 6.07) is 22.3. The van der Waals surface area contributed by atoms with Crippen molar-refractivity contribution in [3.63, 3.8) is 0 Å². The van der Waals surface area contributed by atoms with Gasteiger partial charge in [-0.2, -0.15) is 0 Å². The summed E-state index contributed by atoms with van der Waals surface area (Å²) in [4.78, 5) is 14.6. The van der Waals surface area contributed by atoms with Crippen molar-refractivity contribution in [3.8, 4) is 5.75 Å². The maximum atomic E-state index is 12.2. The molecule has 0 unspecified atom stereocenters. The van der Waals surface area contributed by atoms with E-state index >= 15 is 0 Å². The van der Waals surface area contributed by atoms with Gasteiger partial charge < -0.3 is 10.1 Å². The molecule has 1 amide bonds. The Bertz CT molecular complexity index is 934. The SMILES string of the molecule is COc1ccc(CCC(=O)Nc2ccc(Sc3cc(C)ccc3C)cc2)cc1. The normalized spacial score (nSPS) is 10.5. The van der Waals surface area contributed by atoms with Gasteiger partial charge in [-0.05, 0) is 79.4 Å². The zero-order chi connectivity index (χ0) is 19.9. The number of carbonyl (C=O) groups excluding carboxylic acids is 1. The first-order chi connectivity index (χ1) is 13.5. The molecule has 3 aromatic carbocycles. The minimum Gasteiger partial charge on any atom is -0.497 e. The molecule has 144 valence electrons. The molecule has 0 bridgehead atoms. The molecule has 0 fully saturated rings. The lowest BCUT2D eigenvalue weighted by atomic mass is 10.1. The number of carbonyl (C=O) groups is 1. The molecule has 0 heterocycles. The molecule has 4 heteroatoms. The second-order valence-electron chi connectivity index (χ2n) is 6.79. The van der Waals surface area contributed by atoms with E-state index in [1.807, 2.05) is 48.5 Å². The molecule has 0 saturated heterocycles. The third-order valence-corrected chi connectivity index (χ3v) is 5.68. The second kappa shape index (κ2) is 9.47. The maximum Gasteiger partial charge on any atom is 0.224 e. The summed E-state index contributed by atoms with van der Waals surface area (Å²) in [6.07, 6.45) is 1.15. The van der Waals surface area contributed by atoms with Crippen molar-refractivity contribution >= 4 is 23.4 Å². The van der Waals surface area contributed by atoms with Crippen molar-refractivity contribution in [3.05, 3.63) is 83.4 Å². The first-order valence-corrected chi connectivity index (χ1v) is 10.1. The molecule has 1 N–H and O–H groups in total. The van der Waals surface area contributed by atoms with Crippen LogP contribution in [-0.4, -0.2) is 13.0 Å². The number of hydrogen-bond donors (Lipinski definition) is 1. The largest absolute Gasteiger partial charge is 0.497 e. The van der Waals surface area contributed by atoms with Crippen LogP contribution >= 0.6 is 11.8 Å². The van der Waals surface area contributed by atoms with Gasteiger partial charge in [0.2, 0.25) is 5.91 Å². The summed E-state index contributed by atoms with van der Waals surface area (Å²) >= 11 is 1.74. The van der Waals surface area contributed by atoms with Crippen molar-refractivity contribution in [1.29, 1.82) is 0 Å². The lowest BCUT2D eigenvalue weighted by Crippen LogP contribution is -2.12. The Kier molecular flexibility index (Phi) is 6.77. The van der Waals surface area contributed by atoms with Gasteiger partial charge >= 0.3 is 0 Å². The van der Waals surface area contributed by atoms with Crippen molar-refractivity contribution in [2.75, 3.05) is 12.4 Å². The maximum absolute atomic E-state index is 12.2. The Morgan fingerprint density at radius 3 is 2.36 bits per heavy atom. The minimum atomic E-state index is 0.0192. The van der Waals surface area contributed by atoms with E-state index in [1.54, 1.807) is 18.9 Å². The van der Waals surface area contributed by atoms with Crippen molar-refractivity contribution in [1.82, 2.24) is 0 Å². The molecule has 0 atom stereocenters. The molecule has 0 spiro atoms. The van der Waals surface area contributed by atoms with Crippen LogP contribution in [0.3, 0.4) is 0 Å². The zero-order valence-electron chi connectivity index (χ0n) is 16.5. The van der Waals surface area contributed by atoms with Crippen LogP contribution in [0.15, 0.2) is 76.5 Å². The fourth-order valence-corrected chi connectivity index (χ4v) is 3.82. The number of anilines is 1. The number of hydrogen-bond acceptors (Lipinski definition) is 3. The lowest BCUT2D eigenvalue weighted by molar-refractivity contribution is -0.116. The lowest BCUT2D eigenvalue weighted by Gasteiger charge is -2.09. The Hall–Kier alpha value is -2.72. The first-order valence-electron chi connectivity index (χ1n) is 9.31. The topological polar surface area (TPSA) is 38.3 Å². The van der Waals surface area contributed by atoms with Crippen LogP contribution in [0.1, 0.15) is 23.1 Å². The highest BCUT2D eigenvalue weighted by Crippen LogP contribution is 2.31. The number of aryl methyl sites for hydroxylation is 3. The summed E-state index contributed by atoms with van der Waals surface area (Å²) in [5.74, 6) is 0.845. The third kappa shape index (κ3) is 5.64. The predicted octanol–water partition coefficient (Wildman–Crippen LogP) is 6.03. The summed E-state index contributed by atoms with van der Waals surface area (Å²) < 4.78 is 5.15. The average Bonchev–Trinajstić information content (AvgIpc) is 2.71. The van der Waals surface area contributed by atoms with E-state index in [2.05, 4.69) is 37.4 Å². The summed E-state index contributed by atoms with van der Waals surface area (Å²) in [5, 5.41) is 2.97. The fraction of sp³-hybridized carbons (Fsp3) is 0.208. The standard InChI is InChI=1S/C24H25NO2S/c1-17-4-5-18(2)23(16-17)28-22-13-9-20(10-14-22)25-24(26)15-8-19-6-11-21(27-3)12-7-19/h4-7,9-14,16H,8,15H2,1-3H3,(H,25,26). The van der Waals surface area contributed by atoms with Crippen LogP contribution in [0, 0.1) is 13.8 Å². The van der Waals surface area contributed by atoms with Crippen molar-refractivity contribution in [2.45, 2.75) is 36.5 Å². The highest BCUT2D eigenvalue weighted by Gasteiger charge is 2.05. The zero-order valence-corrected chi connectivity index (χ0v) is 17.3. The molecule has 0 aliphatic carbocycles. The molecule has 0 aliphatic rings. The molecule has 0 radical (unpaired) electrons. The molecule has 3 rings (SSSR count). The molecular formula is C24H25NO2S. The summed E-state index contributed by atoms with van der Waals surface area (Å²) in [7, 11) is 1.65. The van der Waals surface area contributed by atoms with Crippen LogP contribution in [-0.2, 0) is 11.2 Å². The van der Waals surface area contributed by atoms with Crippen LogP contribution in [0.2, 0.25) is 0 Å². The molecule has 3 aromatic rings. The predicted molar refractivity (Wildman–Crippen MR) is 116 cm³/mol. The van der Waals surface area contributed by atoms with E-state index in [0.717, 1.165) is 21.9 Å². The molecule has 0 aromatic heterocycles.